The lowest BCUT2D eigenvalue weighted by Crippen LogP contribution is -2.28. The number of nitrogens with zero attached hydrogens (tertiary/aromatic N) is 2. The Morgan fingerprint density at radius 3 is 2.81 bits per heavy atom. The van der Waals surface area contributed by atoms with Crippen LogP contribution < -0.4 is 10.9 Å². The Morgan fingerprint density at radius 2 is 2.04 bits per heavy atom. The number of thioether (sulfide) groups is 1. The number of rotatable bonds is 5. The van der Waals surface area contributed by atoms with Crippen molar-refractivity contribution in [3.05, 3.63) is 69.5 Å². The lowest BCUT2D eigenvalue weighted by molar-refractivity contribution is -0.119. The Morgan fingerprint density at radius 1 is 1.27 bits per heavy atom. The zero-order valence-corrected chi connectivity index (χ0v) is 16.0. The van der Waals surface area contributed by atoms with Crippen LogP contribution in [0, 0.1) is 0 Å². The Kier molecular flexibility index (Phi) is 5.64. The van der Waals surface area contributed by atoms with Crippen molar-refractivity contribution in [1.29, 1.82) is 0 Å². The molecule has 0 spiro atoms. The Balaban J connectivity index is 1.69. The first-order chi connectivity index (χ1) is 12.5. The Hall–Kier alpha value is -2.31. The van der Waals surface area contributed by atoms with Crippen LogP contribution in [0.2, 0.25) is 5.02 Å². The molecule has 1 amide bonds. The molecule has 0 aliphatic carbocycles. The number of benzene rings is 2. The molecule has 0 radical (unpaired) electrons. The number of halogens is 1. The van der Waals surface area contributed by atoms with Crippen LogP contribution >= 0.6 is 23.4 Å². The molecule has 1 heterocycles. The molecule has 0 saturated carbocycles. The topological polar surface area (TPSA) is 64.0 Å². The van der Waals surface area contributed by atoms with Crippen LogP contribution in [0.1, 0.15) is 18.5 Å². The van der Waals surface area contributed by atoms with E-state index in [9.17, 15) is 9.59 Å². The predicted molar refractivity (Wildman–Crippen MR) is 106 cm³/mol. The van der Waals surface area contributed by atoms with Crippen molar-refractivity contribution >= 4 is 40.2 Å². The van der Waals surface area contributed by atoms with Gasteiger partial charge in [-0.3, -0.25) is 14.2 Å². The highest BCUT2D eigenvalue weighted by Gasteiger charge is 2.13. The van der Waals surface area contributed by atoms with Crippen molar-refractivity contribution in [2.45, 2.75) is 18.1 Å². The van der Waals surface area contributed by atoms with Crippen molar-refractivity contribution in [3.63, 3.8) is 0 Å². The first-order valence-electron chi connectivity index (χ1n) is 8.09. The van der Waals surface area contributed by atoms with Gasteiger partial charge in [0.25, 0.3) is 5.56 Å². The first kappa shape index (κ1) is 18.5. The third kappa shape index (κ3) is 4.08. The zero-order chi connectivity index (χ0) is 18.7. The highest BCUT2D eigenvalue weighted by Crippen LogP contribution is 2.19. The van der Waals surface area contributed by atoms with E-state index in [1.54, 1.807) is 25.2 Å². The number of aromatic nitrogens is 2. The van der Waals surface area contributed by atoms with Gasteiger partial charge in [0, 0.05) is 12.1 Å². The minimum absolute atomic E-state index is 0.120. The predicted octanol–water partition coefficient (Wildman–Crippen LogP) is 3.56. The standard InChI is InChI=1S/C19H18ClN3O2S/c1-12(13-6-5-7-14(20)10-13)21-17(24)11-26-19-22-16-9-4-3-8-15(16)18(25)23(19)2/h3-10,12H,11H2,1-2H3,(H,21,24)/t12-/m1/s1. The van der Waals surface area contributed by atoms with E-state index < -0.39 is 0 Å². The van der Waals surface area contributed by atoms with Crippen LogP contribution in [0.15, 0.2) is 58.5 Å². The summed E-state index contributed by atoms with van der Waals surface area (Å²) in [5, 5.41) is 4.65. The summed E-state index contributed by atoms with van der Waals surface area (Å²) in [5.41, 5.74) is 1.45. The molecule has 0 aliphatic rings. The van der Waals surface area contributed by atoms with Gasteiger partial charge in [-0.1, -0.05) is 47.6 Å². The fourth-order valence-corrected chi connectivity index (χ4v) is 3.58. The molecular formula is C19H18ClN3O2S. The summed E-state index contributed by atoms with van der Waals surface area (Å²) < 4.78 is 1.47. The number of hydrogen-bond donors (Lipinski definition) is 1. The number of hydrogen-bond acceptors (Lipinski definition) is 4. The number of carbonyl (C=O) groups excluding carboxylic acids is 1. The van der Waals surface area contributed by atoms with E-state index in [0.717, 1.165) is 5.56 Å². The molecule has 0 fully saturated rings. The second kappa shape index (κ2) is 7.93. The summed E-state index contributed by atoms with van der Waals surface area (Å²) in [4.78, 5) is 29.1. The van der Waals surface area contributed by atoms with Gasteiger partial charge in [-0.25, -0.2) is 4.98 Å². The van der Waals surface area contributed by atoms with Crippen LogP contribution in [0.4, 0.5) is 0 Å². The maximum Gasteiger partial charge on any atom is 0.261 e. The van der Waals surface area contributed by atoms with Gasteiger partial charge >= 0.3 is 0 Å². The smallest absolute Gasteiger partial charge is 0.261 e. The molecule has 134 valence electrons. The first-order valence-corrected chi connectivity index (χ1v) is 9.45. The minimum Gasteiger partial charge on any atom is -0.349 e. The van der Waals surface area contributed by atoms with E-state index in [0.29, 0.717) is 21.1 Å². The molecule has 2 aromatic carbocycles. The van der Waals surface area contributed by atoms with Crippen molar-refractivity contribution in [2.75, 3.05) is 5.75 Å². The van der Waals surface area contributed by atoms with Gasteiger partial charge in [0.15, 0.2) is 5.16 Å². The van der Waals surface area contributed by atoms with Crippen molar-refractivity contribution in [1.82, 2.24) is 14.9 Å². The van der Waals surface area contributed by atoms with E-state index in [1.807, 2.05) is 37.3 Å². The SMILES string of the molecule is C[C@@H](NC(=O)CSc1nc2ccccc2c(=O)n1C)c1cccc(Cl)c1. The average molecular weight is 388 g/mol. The van der Waals surface area contributed by atoms with E-state index in [1.165, 1.54) is 16.3 Å². The number of para-hydroxylation sites is 1. The number of nitrogens with one attached hydrogen (secondary N) is 1. The molecule has 26 heavy (non-hydrogen) atoms. The monoisotopic (exact) mass is 387 g/mol. The molecule has 0 unspecified atom stereocenters. The summed E-state index contributed by atoms with van der Waals surface area (Å²) in [5.74, 6) is 0.0358. The van der Waals surface area contributed by atoms with Crippen molar-refractivity contribution in [2.24, 2.45) is 7.05 Å². The zero-order valence-electron chi connectivity index (χ0n) is 14.4. The number of amides is 1. The molecule has 5 nitrogen and oxygen atoms in total. The van der Waals surface area contributed by atoms with Crippen LogP contribution in [-0.4, -0.2) is 21.2 Å². The third-order valence-electron chi connectivity index (χ3n) is 4.00. The van der Waals surface area contributed by atoms with Gasteiger partial charge in [0.2, 0.25) is 5.91 Å². The Bertz CT molecular complexity index is 1020. The van der Waals surface area contributed by atoms with Gasteiger partial charge in [-0.05, 0) is 36.8 Å². The third-order valence-corrected chi connectivity index (χ3v) is 5.27. The molecule has 0 saturated heterocycles. The van der Waals surface area contributed by atoms with Gasteiger partial charge in [-0.15, -0.1) is 0 Å². The molecular weight excluding hydrogens is 370 g/mol. The molecule has 1 atom stereocenters. The maximum atomic E-state index is 12.4. The van der Waals surface area contributed by atoms with Crippen LogP contribution in [0.3, 0.4) is 0 Å². The van der Waals surface area contributed by atoms with Crippen LogP contribution in [0.25, 0.3) is 10.9 Å². The van der Waals surface area contributed by atoms with Crippen LogP contribution in [0.5, 0.6) is 0 Å². The molecule has 7 heteroatoms. The van der Waals surface area contributed by atoms with Gasteiger partial charge in [-0.2, -0.15) is 0 Å². The summed E-state index contributed by atoms with van der Waals surface area (Å²) in [7, 11) is 1.66. The molecule has 0 bridgehead atoms. The quantitative estimate of drug-likeness (QED) is 0.537. The van der Waals surface area contributed by atoms with Crippen molar-refractivity contribution < 1.29 is 4.79 Å². The summed E-state index contributed by atoms with van der Waals surface area (Å²) >= 11 is 7.23. The normalized spacial score (nSPS) is 12.1. The molecule has 3 rings (SSSR count). The summed E-state index contributed by atoms with van der Waals surface area (Å²) in [6.45, 7) is 1.90. The molecule has 3 aromatic rings. The summed E-state index contributed by atoms with van der Waals surface area (Å²) in [6.07, 6.45) is 0. The highest BCUT2D eigenvalue weighted by molar-refractivity contribution is 7.99. The Labute approximate surface area is 160 Å². The van der Waals surface area contributed by atoms with E-state index in [-0.39, 0.29) is 23.3 Å². The summed E-state index contributed by atoms with van der Waals surface area (Å²) in [6, 6.07) is 14.4. The van der Waals surface area contributed by atoms with Crippen LogP contribution in [-0.2, 0) is 11.8 Å². The van der Waals surface area contributed by atoms with Gasteiger partial charge < -0.3 is 5.32 Å². The van der Waals surface area contributed by atoms with E-state index >= 15 is 0 Å². The lowest BCUT2D eigenvalue weighted by atomic mass is 10.1. The number of fused-ring (bicyclic) bond motifs is 1. The van der Waals surface area contributed by atoms with Gasteiger partial charge in [0.05, 0.1) is 22.7 Å². The molecule has 1 aromatic heterocycles. The second-order valence-corrected chi connectivity index (χ2v) is 7.29. The fraction of sp³-hybridized carbons (Fsp3) is 0.211. The largest absolute Gasteiger partial charge is 0.349 e. The minimum atomic E-state index is -0.157. The van der Waals surface area contributed by atoms with Gasteiger partial charge in [0.1, 0.15) is 0 Å². The number of carbonyl (C=O) groups is 1. The average Bonchev–Trinajstić information content (AvgIpc) is 2.63. The molecule has 0 aliphatic heterocycles. The van der Waals surface area contributed by atoms with E-state index in [4.69, 9.17) is 11.6 Å². The second-order valence-electron chi connectivity index (χ2n) is 5.91. The lowest BCUT2D eigenvalue weighted by Gasteiger charge is -2.15. The highest BCUT2D eigenvalue weighted by atomic mass is 35.5. The van der Waals surface area contributed by atoms with Crippen molar-refractivity contribution in [3.8, 4) is 0 Å². The molecule has 1 N–H and O–H groups in total. The van der Waals surface area contributed by atoms with E-state index in [2.05, 4.69) is 10.3 Å². The maximum absolute atomic E-state index is 12.4. The fourth-order valence-electron chi connectivity index (χ4n) is 2.60.